The van der Waals surface area contributed by atoms with Crippen LogP contribution in [-0.2, 0) is 9.53 Å². The number of esters is 1. The van der Waals surface area contributed by atoms with Crippen molar-refractivity contribution in [2.75, 3.05) is 19.4 Å². The largest absolute Gasteiger partial charge is 0.466 e. The molecule has 0 aliphatic rings. The molecular weight excluding hydrogens is 198 g/mol. The van der Waals surface area contributed by atoms with Crippen LogP contribution in [0.25, 0.3) is 0 Å². The van der Waals surface area contributed by atoms with Gasteiger partial charge in [-0.2, -0.15) is 0 Å². The molecule has 0 atom stereocenters. The van der Waals surface area contributed by atoms with Gasteiger partial charge in [-0.3, -0.25) is 9.52 Å². The van der Waals surface area contributed by atoms with Gasteiger partial charge in [0.25, 0.3) is 0 Å². The minimum atomic E-state index is -0.117. The summed E-state index contributed by atoms with van der Waals surface area (Å²) in [6.45, 7) is 3.20. The zero-order valence-electron chi connectivity index (χ0n) is 7.46. The third-order valence-electron chi connectivity index (χ3n) is 1.04. The van der Waals surface area contributed by atoms with E-state index in [-0.39, 0.29) is 18.4 Å². The first-order valence-corrected chi connectivity index (χ1v) is 4.95. The summed E-state index contributed by atoms with van der Waals surface area (Å²) in [6.07, 6.45) is 3.28. The number of hydrogen-bond donors (Lipinski definition) is 1. The monoisotopic (exact) mass is 213 g/mol. The van der Waals surface area contributed by atoms with Crippen molar-refractivity contribution in [2.24, 2.45) is 0 Å². The van der Waals surface area contributed by atoms with Crippen LogP contribution >= 0.6 is 24.4 Å². The van der Waals surface area contributed by atoms with E-state index in [1.54, 1.807) is 0 Å². The highest BCUT2D eigenvalue weighted by atomic mass is 35.5. The fourth-order valence-corrected chi connectivity index (χ4v) is 0.849. The molecule has 12 heavy (non-hydrogen) atoms. The second kappa shape index (κ2) is 11.1. The van der Waals surface area contributed by atoms with Gasteiger partial charge in [0.15, 0.2) is 0 Å². The highest BCUT2D eigenvalue weighted by Crippen LogP contribution is 1.89. The van der Waals surface area contributed by atoms with Crippen molar-refractivity contribution in [2.45, 2.75) is 19.8 Å². The van der Waals surface area contributed by atoms with E-state index in [0.717, 1.165) is 6.42 Å². The predicted octanol–water partition coefficient (Wildman–Crippen LogP) is 1.62. The normalized spacial score (nSPS) is 8.83. The van der Waals surface area contributed by atoms with E-state index in [2.05, 4.69) is 4.72 Å². The fourth-order valence-electron chi connectivity index (χ4n) is 0.543. The van der Waals surface area contributed by atoms with Crippen molar-refractivity contribution in [1.82, 2.24) is 4.72 Å². The van der Waals surface area contributed by atoms with Crippen LogP contribution in [0.2, 0.25) is 0 Å². The molecule has 5 heteroatoms. The highest BCUT2D eigenvalue weighted by Gasteiger charge is 1.99. The summed E-state index contributed by atoms with van der Waals surface area (Å²) >= 11 is 1.51. The quantitative estimate of drug-likeness (QED) is 0.414. The van der Waals surface area contributed by atoms with Crippen LogP contribution in [0.1, 0.15) is 19.8 Å². The molecule has 0 aromatic rings. The molecule has 0 bridgehead atoms. The van der Waals surface area contributed by atoms with Crippen LogP contribution in [0.15, 0.2) is 0 Å². The van der Waals surface area contributed by atoms with E-state index in [0.29, 0.717) is 19.6 Å². The summed E-state index contributed by atoms with van der Waals surface area (Å²) in [4.78, 5) is 10.8. The number of ether oxygens (including phenoxy) is 1. The molecule has 0 fully saturated rings. The number of rotatable bonds is 6. The van der Waals surface area contributed by atoms with Crippen molar-refractivity contribution >= 4 is 30.3 Å². The van der Waals surface area contributed by atoms with Gasteiger partial charge in [-0.25, -0.2) is 0 Å². The summed E-state index contributed by atoms with van der Waals surface area (Å²) in [5.41, 5.74) is 0. The Morgan fingerprint density at radius 3 is 2.75 bits per heavy atom. The molecule has 1 N–H and O–H groups in total. The second-order valence-corrected chi connectivity index (χ2v) is 2.77. The molecule has 0 saturated heterocycles. The maximum absolute atomic E-state index is 10.8. The first-order chi connectivity index (χ1) is 5.31. The number of carbonyl (C=O) groups is 1. The lowest BCUT2D eigenvalue weighted by Gasteiger charge is -2.02. The van der Waals surface area contributed by atoms with Crippen molar-refractivity contribution in [3.8, 4) is 0 Å². The molecule has 0 unspecified atom stereocenters. The van der Waals surface area contributed by atoms with Gasteiger partial charge in [0.05, 0.1) is 13.0 Å². The minimum absolute atomic E-state index is 0. The van der Waals surface area contributed by atoms with Gasteiger partial charge in [0.2, 0.25) is 0 Å². The van der Waals surface area contributed by atoms with Crippen LogP contribution in [0.3, 0.4) is 0 Å². The number of halogens is 1. The molecule has 0 aromatic carbocycles. The summed E-state index contributed by atoms with van der Waals surface area (Å²) in [6, 6.07) is 0. The van der Waals surface area contributed by atoms with Crippen LogP contribution in [0.4, 0.5) is 0 Å². The zero-order valence-corrected chi connectivity index (χ0v) is 9.09. The number of hydrogen-bond acceptors (Lipinski definition) is 4. The van der Waals surface area contributed by atoms with E-state index >= 15 is 0 Å². The van der Waals surface area contributed by atoms with Gasteiger partial charge in [-0.15, -0.1) is 12.4 Å². The Balaban J connectivity index is 0. The molecule has 3 nitrogen and oxygen atoms in total. The lowest BCUT2D eigenvalue weighted by molar-refractivity contribution is -0.143. The second-order valence-electron chi connectivity index (χ2n) is 2.07. The average molecular weight is 214 g/mol. The van der Waals surface area contributed by atoms with Gasteiger partial charge >= 0.3 is 5.97 Å². The molecule has 0 aliphatic carbocycles. The first-order valence-electron chi connectivity index (χ1n) is 3.72. The van der Waals surface area contributed by atoms with Gasteiger partial charge in [0, 0.05) is 6.54 Å². The van der Waals surface area contributed by atoms with E-state index in [9.17, 15) is 4.79 Å². The topological polar surface area (TPSA) is 38.3 Å². The molecule has 0 spiro atoms. The Kier molecular flexibility index (Phi) is 13.5. The number of carbonyl (C=O) groups excluding carboxylic acids is 1. The predicted molar refractivity (Wildman–Crippen MR) is 54.6 cm³/mol. The maximum Gasteiger partial charge on any atom is 0.307 e. The third kappa shape index (κ3) is 10.1. The molecule has 0 aliphatic heterocycles. The Bertz CT molecular complexity index is 114. The molecular formula is C7H16ClNO2S. The third-order valence-corrected chi connectivity index (χ3v) is 1.54. The Morgan fingerprint density at radius 1 is 1.58 bits per heavy atom. The van der Waals surface area contributed by atoms with Crippen LogP contribution in [0, 0.1) is 0 Å². The van der Waals surface area contributed by atoms with Crippen LogP contribution < -0.4 is 4.72 Å². The van der Waals surface area contributed by atoms with E-state index in [1.807, 2.05) is 13.2 Å². The van der Waals surface area contributed by atoms with Gasteiger partial charge < -0.3 is 4.74 Å². The lowest BCUT2D eigenvalue weighted by Crippen LogP contribution is -2.13. The smallest absolute Gasteiger partial charge is 0.307 e. The molecule has 0 aromatic heterocycles. The summed E-state index contributed by atoms with van der Waals surface area (Å²) < 4.78 is 7.82. The van der Waals surface area contributed by atoms with Crippen molar-refractivity contribution in [3.05, 3.63) is 0 Å². The standard InChI is InChI=1S/C7H15NO2S.ClH/c1-3-6-10-7(9)4-5-8-11-2;/h8H,3-6H2,1-2H3;1H. The average Bonchev–Trinajstić information content (AvgIpc) is 2.01. The van der Waals surface area contributed by atoms with Gasteiger partial charge in [-0.05, 0) is 12.7 Å². The molecule has 0 rings (SSSR count). The fraction of sp³-hybridized carbons (Fsp3) is 0.857. The van der Waals surface area contributed by atoms with E-state index in [4.69, 9.17) is 4.74 Å². The summed E-state index contributed by atoms with van der Waals surface area (Å²) in [5.74, 6) is -0.117. The lowest BCUT2D eigenvalue weighted by atomic mass is 10.4. The van der Waals surface area contributed by atoms with Crippen LogP contribution in [-0.4, -0.2) is 25.4 Å². The van der Waals surface area contributed by atoms with Gasteiger partial charge in [0.1, 0.15) is 0 Å². The van der Waals surface area contributed by atoms with Crippen molar-refractivity contribution in [1.29, 1.82) is 0 Å². The van der Waals surface area contributed by atoms with E-state index < -0.39 is 0 Å². The molecule has 74 valence electrons. The molecule has 0 heterocycles. The number of nitrogens with one attached hydrogen (secondary N) is 1. The SMILES string of the molecule is CCCOC(=O)CCNSC.Cl. The zero-order chi connectivity index (χ0) is 8.53. The summed E-state index contributed by atoms with van der Waals surface area (Å²) in [5, 5.41) is 0. The van der Waals surface area contributed by atoms with Gasteiger partial charge in [-0.1, -0.05) is 18.9 Å². The summed E-state index contributed by atoms with van der Waals surface area (Å²) in [7, 11) is 0. The molecule has 0 amide bonds. The maximum atomic E-state index is 10.8. The minimum Gasteiger partial charge on any atom is -0.466 e. The Morgan fingerprint density at radius 2 is 2.25 bits per heavy atom. The molecule has 0 saturated carbocycles. The van der Waals surface area contributed by atoms with Crippen LogP contribution in [0.5, 0.6) is 0 Å². The van der Waals surface area contributed by atoms with Crippen molar-refractivity contribution in [3.63, 3.8) is 0 Å². The molecule has 0 radical (unpaired) electrons. The Labute approximate surface area is 84.2 Å². The van der Waals surface area contributed by atoms with E-state index in [1.165, 1.54) is 11.9 Å². The Hall–Kier alpha value is 0.0700. The first kappa shape index (κ1) is 14.6. The highest BCUT2D eigenvalue weighted by molar-refractivity contribution is 7.96. The van der Waals surface area contributed by atoms with Crippen molar-refractivity contribution < 1.29 is 9.53 Å².